The number of hydrogen-bond acceptors (Lipinski definition) is 4. The summed E-state index contributed by atoms with van der Waals surface area (Å²) in [6.45, 7) is 2.93. The number of carbonyl (C=O) groups is 2. The van der Waals surface area contributed by atoms with Crippen molar-refractivity contribution in [3.05, 3.63) is 35.6 Å². The fourth-order valence-electron chi connectivity index (χ4n) is 2.81. The number of benzene rings is 1. The number of nitrogens with one attached hydrogen (secondary N) is 1. The van der Waals surface area contributed by atoms with Crippen LogP contribution in [-0.2, 0) is 25.6 Å². The highest BCUT2D eigenvalue weighted by Crippen LogP contribution is 2.23. The number of methoxy groups -OCH3 is 1. The number of rotatable bonds is 6. The van der Waals surface area contributed by atoms with Gasteiger partial charge >= 0.3 is 0 Å². The largest absolute Gasteiger partial charge is 0.382 e. The summed E-state index contributed by atoms with van der Waals surface area (Å²) in [6, 6.07) is 6.28. The predicted octanol–water partition coefficient (Wildman–Crippen LogP) is 1.10. The van der Waals surface area contributed by atoms with E-state index in [2.05, 4.69) is 5.32 Å². The molecule has 1 aliphatic rings. The van der Waals surface area contributed by atoms with Crippen molar-refractivity contribution < 1.29 is 23.5 Å². The van der Waals surface area contributed by atoms with Crippen LogP contribution in [0.1, 0.15) is 18.9 Å². The average molecular weight is 338 g/mol. The van der Waals surface area contributed by atoms with Crippen molar-refractivity contribution in [2.45, 2.75) is 25.5 Å². The monoisotopic (exact) mass is 338 g/mol. The van der Waals surface area contributed by atoms with Crippen molar-refractivity contribution >= 4 is 11.8 Å². The van der Waals surface area contributed by atoms with Crippen molar-refractivity contribution in [3.63, 3.8) is 0 Å². The molecular weight excluding hydrogens is 315 g/mol. The van der Waals surface area contributed by atoms with E-state index < -0.39 is 5.60 Å². The molecule has 2 rings (SSSR count). The molecule has 24 heavy (non-hydrogen) atoms. The van der Waals surface area contributed by atoms with Gasteiger partial charge in [-0.3, -0.25) is 9.59 Å². The van der Waals surface area contributed by atoms with Crippen LogP contribution in [0.4, 0.5) is 4.39 Å². The Morgan fingerprint density at radius 1 is 1.42 bits per heavy atom. The lowest BCUT2D eigenvalue weighted by atomic mass is 9.97. The molecule has 0 saturated carbocycles. The zero-order chi connectivity index (χ0) is 17.6. The molecule has 132 valence electrons. The van der Waals surface area contributed by atoms with Gasteiger partial charge in [-0.05, 0) is 6.07 Å². The number of amides is 2. The maximum atomic E-state index is 13.6. The van der Waals surface area contributed by atoms with E-state index in [1.54, 1.807) is 23.1 Å². The van der Waals surface area contributed by atoms with Crippen LogP contribution in [0.3, 0.4) is 0 Å². The van der Waals surface area contributed by atoms with E-state index in [0.29, 0.717) is 25.3 Å². The zero-order valence-corrected chi connectivity index (χ0v) is 14.0. The number of nitrogens with zero attached hydrogens (tertiary/aromatic N) is 1. The van der Waals surface area contributed by atoms with E-state index in [1.807, 2.05) is 0 Å². The molecule has 1 aliphatic heterocycles. The Kier molecular flexibility index (Phi) is 6.28. The molecule has 0 unspecified atom stereocenters. The van der Waals surface area contributed by atoms with Crippen molar-refractivity contribution in [1.82, 2.24) is 10.2 Å². The summed E-state index contributed by atoms with van der Waals surface area (Å²) in [5.74, 6) is -0.702. The first kappa shape index (κ1) is 18.4. The van der Waals surface area contributed by atoms with Crippen molar-refractivity contribution in [2.75, 3.05) is 33.4 Å². The van der Waals surface area contributed by atoms with Gasteiger partial charge in [-0.1, -0.05) is 18.2 Å². The van der Waals surface area contributed by atoms with Crippen LogP contribution >= 0.6 is 0 Å². The lowest BCUT2D eigenvalue weighted by Gasteiger charge is -2.41. The van der Waals surface area contributed by atoms with E-state index in [1.165, 1.54) is 20.1 Å². The molecule has 7 heteroatoms. The molecule has 0 aliphatic carbocycles. The minimum absolute atomic E-state index is 0.0407. The lowest BCUT2D eigenvalue weighted by Crippen LogP contribution is -2.57. The first-order valence-corrected chi connectivity index (χ1v) is 7.84. The molecule has 1 aromatic rings. The standard InChI is InChI=1S/C17H23FN2O4/c1-13(21)20-7-8-24-17(11-20,12-23-2)9-16(22)19-10-14-5-3-4-6-15(14)18/h3-6H,7-12H2,1-2H3,(H,19,22)/t17-/m1/s1. The summed E-state index contributed by atoms with van der Waals surface area (Å²) in [5, 5.41) is 2.70. The third-order valence-electron chi connectivity index (χ3n) is 4.02. The Labute approximate surface area is 140 Å². The molecule has 1 atom stereocenters. The van der Waals surface area contributed by atoms with Crippen LogP contribution in [-0.4, -0.2) is 55.7 Å². The number of halogens is 1. The third kappa shape index (κ3) is 4.75. The van der Waals surface area contributed by atoms with Crippen LogP contribution < -0.4 is 5.32 Å². The normalized spacial score (nSPS) is 20.7. The molecule has 0 radical (unpaired) electrons. The molecule has 1 fully saturated rings. The lowest BCUT2D eigenvalue weighted by molar-refractivity contribution is -0.165. The van der Waals surface area contributed by atoms with Gasteiger partial charge < -0.3 is 19.7 Å². The molecular formula is C17H23FN2O4. The zero-order valence-electron chi connectivity index (χ0n) is 14.0. The third-order valence-corrected chi connectivity index (χ3v) is 4.02. The van der Waals surface area contributed by atoms with Gasteiger partial charge in [-0.25, -0.2) is 4.39 Å². The van der Waals surface area contributed by atoms with Crippen molar-refractivity contribution in [3.8, 4) is 0 Å². The molecule has 1 heterocycles. The second kappa shape index (κ2) is 8.21. The topological polar surface area (TPSA) is 67.9 Å². The van der Waals surface area contributed by atoms with Gasteiger partial charge in [-0.15, -0.1) is 0 Å². The van der Waals surface area contributed by atoms with Gasteiger partial charge in [0.2, 0.25) is 11.8 Å². The maximum Gasteiger partial charge on any atom is 0.223 e. The van der Waals surface area contributed by atoms with E-state index in [4.69, 9.17) is 9.47 Å². The highest BCUT2D eigenvalue weighted by atomic mass is 19.1. The van der Waals surface area contributed by atoms with E-state index in [9.17, 15) is 14.0 Å². The SMILES string of the molecule is COC[C@@]1(CC(=O)NCc2ccccc2F)CN(C(C)=O)CCO1. The molecule has 0 bridgehead atoms. The van der Waals surface area contributed by atoms with Gasteiger partial charge in [0.25, 0.3) is 0 Å². The molecule has 0 aromatic heterocycles. The minimum Gasteiger partial charge on any atom is -0.382 e. The number of carbonyl (C=O) groups excluding carboxylic acids is 2. The quantitative estimate of drug-likeness (QED) is 0.843. The Bertz CT molecular complexity index is 592. The van der Waals surface area contributed by atoms with Crippen LogP contribution in [0.15, 0.2) is 24.3 Å². The van der Waals surface area contributed by atoms with Gasteiger partial charge in [0.15, 0.2) is 0 Å². The Hall–Kier alpha value is -1.99. The van der Waals surface area contributed by atoms with E-state index in [0.717, 1.165) is 0 Å². The van der Waals surface area contributed by atoms with Gasteiger partial charge in [0, 0.05) is 32.7 Å². The van der Waals surface area contributed by atoms with E-state index in [-0.39, 0.29) is 37.2 Å². The van der Waals surface area contributed by atoms with E-state index >= 15 is 0 Å². The van der Waals surface area contributed by atoms with Crippen LogP contribution in [0.5, 0.6) is 0 Å². The second-order valence-corrected chi connectivity index (χ2v) is 5.95. The Morgan fingerprint density at radius 2 is 2.17 bits per heavy atom. The summed E-state index contributed by atoms with van der Waals surface area (Å²) in [4.78, 5) is 25.5. The second-order valence-electron chi connectivity index (χ2n) is 5.95. The van der Waals surface area contributed by atoms with Crippen LogP contribution in [0, 0.1) is 5.82 Å². The minimum atomic E-state index is -0.877. The Balaban J connectivity index is 1.98. The van der Waals surface area contributed by atoms with Crippen molar-refractivity contribution in [1.29, 1.82) is 0 Å². The first-order valence-electron chi connectivity index (χ1n) is 7.84. The summed E-state index contributed by atoms with van der Waals surface area (Å²) in [7, 11) is 1.52. The summed E-state index contributed by atoms with van der Waals surface area (Å²) in [6.07, 6.45) is 0.0407. The van der Waals surface area contributed by atoms with Crippen molar-refractivity contribution in [2.24, 2.45) is 0 Å². The van der Waals surface area contributed by atoms with Gasteiger partial charge in [0.05, 0.1) is 26.2 Å². The smallest absolute Gasteiger partial charge is 0.223 e. The highest BCUT2D eigenvalue weighted by Gasteiger charge is 2.39. The molecule has 2 amide bonds. The molecule has 6 nitrogen and oxygen atoms in total. The summed E-state index contributed by atoms with van der Waals surface area (Å²) >= 11 is 0. The van der Waals surface area contributed by atoms with Crippen LogP contribution in [0.2, 0.25) is 0 Å². The highest BCUT2D eigenvalue weighted by molar-refractivity contribution is 5.78. The Morgan fingerprint density at radius 3 is 2.83 bits per heavy atom. The molecule has 1 N–H and O–H groups in total. The van der Waals surface area contributed by atoms with Gasteiger partial charge in [-0.2, -0.15) is 0 Å². The number of ether oxygens (including phenoxy) is 2. The number of morpholine rings is 1. The summed E-state index contributed by atoms with van der Waals surface area (Å²) in [5.41, 5.74) is -0.459. The molecule has 1 aromatic carbocycles. The van der Waals surface area contributed by atoms with Gasteiger partial charge in [0.1, 0.15) is 11.4 Å². The molecule has 0 spiro atoms. The molecule has 1 saturated heterocycles. The fourth-order valence-corrected chi connectivity index (χ4v) is 2.81. The first-order chi connectivity index (χ1) is 11.5. The maximum absolute atomic E-state index is 13.6. The van der Waals surface area contributed by atoms with Crippen LogP contribution in [0.25, 0.3) is 0 Å². The average Bonchev–Trinajstić information content (AvgIpc) is 2.54. The fraction of sp³-hybridized carbons (Fsp3) is 0.529. The predicted molar refractivity (Wildman–Crippen MR) is 85.7 cm³/mol. The summed E-state index contributed by atoms with van der Waals surface area (Å²) < 4.78 is 24.6. The number of hydrogen-bond donors (Lipinski definition) is 1.